The minimum absolute atomic E-state index is 0.149. The molecule has 0 radical (unpaired) electrons. The van der Waals surface area contributed by atoms with Crippen LogP contribution < -0.4 is 4.74 Å². The highest BCUT2D eigenvalue weighted by Gasteiger charge is 2.21. The van der Waals surface area contributed by atoms with Crippen LogP contribution in [0.3, 0.4) is 0 Å². The molecule has 6 heteroatoms. The first kappa shape index (κ1) is 15.0. The van der Waals surface area contributed by atoms with E-state index in [0.717, 1.165) is 30.8 Å². The van der Waals surface area contributed by atoms with Crippen molar-refractivity contribution in [3.8, 4) is 5.75 Å². The molecule has 1 aromatic carbocycles. The van der Waals surface area contributed by atoms with Crippen molar-refractivity contribution < 1.29 is 19.0 Å². The van der Waals surface area contributed by atoms with Gasteiger partial charge in [0.25, 0.3) is 5.89 Å². The summed E-state index contributed by atoms with van der Waals surface area (Å²) in [5, 5.41) is 17.0. The van der Waals surface area contributed by atoms with Gasteiger partial charge in [-0.15, -0.1) is 10.2 Å². The molecule has 2 heterocycles. The zero-order valence-corrected chi connectivity index (χ0v) is 12.4. The highest BCUT2D eigenvalue weighted by molar-refractivity contribution is 5.27. The average Bonchev–Trinajstić information content (AvgIpc) is 3.04. The summed E-state index contributed by atoms with van der Waals surface area (Å²) in [5.41, 5.74) is 1.08. The maximum Gasteiger partial charge on any atom is 0.253 e. The monoisotopic (exact) mass is 304 g/mol. The Labute approximate surface area is 129 Å². The zero-order chi connectivity index (χ0) is 15.2. The topological polar surface area (TPSA) is 77.6 Å². The van der Waals surface area contributed by atoms with E-state index in [-0.39, 0.29) is 19.1 Å². The summed E-state index contributed by atoms with van der Waals surface area (Å²) in [6.45, 7) is 1.86. The van der Waals surface area contributed by atoms with Crippen molar-refractivity contribution >= 4 is 0 Å². The molecule has 3 rings (SSSR count). The zero-order valence-electron chi connectivity index (χ0n) is 12.4. The largest absolute Gasteiger partial charge is 0.484 e. The summed E-state index contributed by atoms with van der Waals surface area (Å²) in [4.78, 5) is 0. The lowest BCUT2D eigenvalue weighted by Crippen LogP contribution is -2.15. The second-order valence-electron chi connectivity index (χ2n) is 5.35. The maximum atomic E-state index is 8.88. The smallest absolute Gasteiger partial charge is 0.253 e. The summed E-state index contributed by atoms with van der Waals surface area (Å²) >= 11 is 0. The number of hydrogen-bond donors (Lipinski definition) is 1. The number of ether oxygens (including phenoxy) is 2. The first-order chi connectivity index (χ1) is 10.8. The number of aromatic nitrogens is 2. The van der Waals surface area contributed by atoms with E-state index in [9.17, 15) is 0 Å². The Balaban J connectivity index is 1.53. The molecule has 1 aliphatic rings. The molecule has 0 amide bonds. The molecule has 1 unspecified atom stereocenters. The van der Waals surface area contributed by atoms with Gasteiger partial charge in [-0.2, -0.15) is 0 Å². The van der Waals surface area contributed by atoms with Crippen LogP contribution in [0, 0.1) is 0 Å². The van der Waals surface area contributed by atoms with Crippen LogP contribution in [0.25, 0.3) is 0 Å². The summed E-state index contributed by atoms with van der Waals surface area (Å²) in [6, 6.07) is 7.61. The minimum Gasteiger partial charge on any atom is -0.484 e. The lowest BCUT2D eigenvalue weighted by atomic mass is 10.0. The SMILES string of the molecule is OCCc1ccc(OCc2nnc(C3CCCOC3)o2)cc1. The highest BCUT2D eigenvalue weighted by Crippen LogP contribution is 2.24. The van der Waals surface area contributed by atoms with Gasteiger partial charge < -0.3 is 19.0 Å². The van der Waals surface area contributed by atoms with Crippen LogP contribution in [0.5, 0.6) is 5.75 Å². The lowest BCUT2D eigenvalue weighted by molar-refractivity contribution is 0.0717. The van der Waals surface area contributed by atoms with Crippen LogP contribution in [-0.2, 0) is 17.8 Å². The average molecular weight is 304 g/mol. The Kier molecular flexibility index (Phi) is 5.03. The minimum atomic E-state index is 0.149. The van der Waals surface area contributed by atoms with Crippen LogP contribution in [0.2, 0.25) is 0 Å². The second kappa shape index (κ2) is 7.38. The third-order valence-corrected chi connectivity index (χ3v) is 3.68. The van der Waals surface area contributed by atoms with Gasteiger partial charge in [0, 0.05) is 13.2 Å². The molecule has 1 fully saturated rings. The van der Waals surface area contributed by atoms with Gasteiger partial charge in [0.1, 0.15) is 5.75 Å². The summed E-state index contributed by atoms with van der Waals surface area (Å²) < 4.78 is 16.7. The molecule has 118 valence electrons. The van der Waals surface area contributed by atoms with Gasteiger partial charge in [-0.1, -0.05) is 12.1 Å². The molecule has 6 nitrogen and oxygen atoms in total. The molecule has 1 aliphatic heterocycles. The number of nitrogens with zero attached hydrogens (tertiary/aromatic N) is 2. The van der Waals surface area contributed by atoms with E-state index in [2.05, 4.69) is 10.2 Å². The standard InChI is InChI=1S/C16H20N2O4/c19-8-7-12-3-5-14(6-4-12)21-11-15-17-18-16(22-15)13-2-1-9-20-10-13/h3-6,13,19H,1-2,7-11H2. The van der Waals surface area contributed by atoms with Crippen LogP contribution in [0.4, 0.5) is 0 Å². The molecule has 1 aromatic heterocycles. The van der Waals surface area contributed by atoms with Crippen molar-refractivity contribution in [2.75, 3.05) is 19.8 Å². The van der Waals surface area contributed by atoms with Crippen molar-refractivity contribution in [3.05, 3.63) is 41.6 Å². The maximum absolute atomic E-state index is 8.88. The van der Waals surface area contributed by atoms with E-state index in [1.54, 1.807) is 0 Å². The Morgan fingerprint density at radius 1 is 1.23 bits per heavy atom. The third kappa shape index (κ3) is 3.84. The molecule has 0 bridgehead atoms. The van der Waals surface area contributed by atoms with Crippen molar-refractivity contribution in [2.24, 2.45) is 0 Å². The lowest BCUT2D eigenvalue weighted by Gasteiger charge is -2.18. The molecule has 2 aromatic rings. The van der Waals surface area contributed by atoms with Crippen molar-refractivity contribution in [2.45, 2.75) is 31.8 Å². The summed E-state index contributed by atoms with van der Waals surface area (Å²) in [5.74, 6) is 2.05. The van der Waals surface area contributed by atoms with Crippen LogP contribution in [0.1, 0.15) is 36.1 Å². The van der Waals surface area contributed by atoms with Crippen molar-refractivity contribution in [1.29, 1.82) is 0 Å². The Morgan fingerprint density at radius 3 is 2.82 bits per heavy atom. The van der Waals surface area contributed by atoms with Gasteiger partial charge in [-0.25, -0.2) is 0 Å². The number of hydrogen-bond acceptors (Lipinski definition) is 6. The van der Waals surface area contributed by atoms with Gasteiger partial charge in [-0.3, -0.25) is 0 Å². The molecule has 1 N–H and O–H groups in total. The van der Waals surface area contributed by atoms with E-state index in [1.807, 2.05) is 24.3 Å². The van der Waals surface area contributed by atoms with Crippen LogP contribution >= 0.6 is 0 Å². The number of aliphatic hydroxyl groups is 1. The highest BCUT2D eigenvalue weighted by atomic mass is 16.5. The fourth-order valence-electron chi connectivity index (χ4n) is 2.45. The molecule has 1 saturated heterocycles. The fourth-order valence-corrected chi connectivity index (χ4v) is 2.45. The van der Waals surface area contributed by atoms with E-state index in [0.29, 0.717) is 24.8 Å². The van der Waals surface area contributed by atoms with Crippen LogP contribution in [-0.4, -0.2) is 35.1 Å². The number of benzene rings is 1. The van der Waals surface area contributed by atoms with Crippen LogP contribution in [0.15, 0.2) is 28.7 Å². The van der Waals surface area contributed by atoms with E-state index < -0.39 is 0 Å². The Hall–Kier alpha value is -1.92. The molecule has 0 spiro atoms. The van der Waals surface area contributed by atoms with E-state index in [1.165, 1.54) is 0 Å². The van der Waals surface area contributed by atoms with Gasteiger partial charge in [0.2, 0.25) is 5.89 Å². The molecule has 0 aliphatic carbocycles. The molecular weight excluding hydrogens is 284 g/mol. The normalized spacial score (nSPS) is 18.3. The van der Waals surface area contributed by atoms with E-state index >= 15 is 0 Å². The molecule has 1 atom stereocenters. The Bertz CT molecular complexity index is 576. The summed E-state index contributed by atoms with van der Waals surface area (Å²) in [6.07, 6.45) is 2.70. The van der Waals surface area contributed by atoms with Gasteiger partial charge in [0.05, 0.1) is 12.5 Å². The summed E-state index contributed by atoms with van der Waals surface area (Å²) in [7, 11) is 0. The van der Waals surface area contributed by atoms with Crippen molar-refractivity contribution in [1.82, 2.24) is 10.2 Å². The third-order valence-electron chi connectivity index (χ3n) is 3.68. The van der Waals surface area contributed by atoms with Crippen molar-refractivity contribution in [3.63, 3.8) is 0 Å². The number of rotatable bonds is 6. The predicted octanol–water partition coefficient (Wildman–Crippen LogP) is 2.08. The quantitative estimate of drug-likeness (QED) is 0.880. The number of aliphatic hydroxyl groups excluding tert-OH is 1. The first-order valence-corrected chi connectivity index (χ1v) is 7.58. The predicted molar refractivity (Wildman–Crippen MR) is 78.7 cm³/mol. The molecule has 0 saturated carbocycles. The van der Waals surface area contributed by atoms with Gasteiger partial charge in [-0.05, 0) is 37.0 Å². The molecule has 22 heavy (non-hydrogen) atoms. The fraction of sp³-hybridized carbons (Fsp3) is 0.500. The van der Waals surface area contributed by atoms with Gasteiger partial charge >= 0.3 is 0 Å². The van der Waals surface area contributed by atoms with Gasteiger partial charge in [0.15, 0.2) is 6.61 Å². The first-order valence-electron chi connectivity index (χ1n) is 7.58. The molecular formula is C16H20N2O4. The Morgan fingerprint density at radius 2 is 2.09 bits per heavy atom. The van der Waals surface area contributed by atoms with E-state index in [4.69, 9.17) is 19.0 Å². The second-order valence-corrected chi connectivity index (χ2v) is 5.35.